The minimum Gasteiger partial charge on any atom is -0.508 e. The monoisotopic (exact) mass is 346 g/mol. The number of amides is 2. The van der Waals surface area contributed by atoms with Gasteiger partial charge in [0.2, 0.25) is 5.91 Å². The molecule has 136 valence electrons. The van der Waals surface area contributed by atoms with Gasteiger partial charge >= 0.3 is 0 Å². The summed E-state index contributed by atoms with van der Waals surface area (Å²) >= 11 is 0. The molecule has 0 bridgehead atoms. The SMILES string of the molecule is Cc1c(O)cccc1C(=O)N1CCCC2(CCC(=O)N(CCO)C2)C1. The lowest BCUT2D eigenvalue weighted by molar-refractivity contribution is -0.139. The third kappa shape index (κ3) is 3.49. The van der Waals surface area contributed by atoms with E-state index < -0.39 is 0 Å². The molecular formula is C19H26N2O4. The first-order valence-electron chi connectivity index (χ1n) is 8.92. The molecule has 0 radical (unpaired) electrons. The van der Waals surface area contributed by atoms with Crippen LogP contribution in [0.25, 0.3) is 0 Å². The van der Waals surface area contributed by atoms with Crippen LogP contribution in [-0.2, 0) is 4.79 Å². The van der Waals surface area contributed by atoms with E-state index in [1.54, 1.807) is 30.0 Å². The van der Waals surface area contributed by atoms with Gasteiger partial charge in [-0.15, -0.1) is 0 Å². The van der Waals surface area contributed by atoms with Gasteiger partial charge in [0.1, 0.15) is 5.75 Å². The number of aliphatic hydroxyl groups is 1. The zero-order chi connectivity index (χ0) is 18.0. The summed E-state index contributed by atoms with van der Waals surface area (Å²) < 4.78 is 0. The topological polar surface area (TPSA) is 81.1 Å². The van der Waals surface area contributed by atoms with Crippen LogP contribution in [0.3, 0.4) is 0 Å². The largest absolute Gasteiger partial charge is 0.508 e. The van der Waals surface area contributed by atoms with Gasteiger partial charge in [-0.2, -0.15) is 0 Å². The molecule has 2 aliphatic heterocycles. The quantitative estimate of drug-likeness (QED) is 0.870. The molecule has 2 heterocycles. The van der Waals surface area contributed by atoms with Crippen LogP contribution in [0.4, 0.5) is 0 Å². The maximum Gasteiger partial charge on any atom is 0.254 e. The van der Waals surface area contributed by atoms with Gasteiger partial charge in [0.15, 0.2) is 0 Å². The first kappa shape index (κ1) is 17.7. The average Bonchev–Trinajstić information content (AvgIpc) is 2.61. The van der Waals surface area contributed by atoms with E-state index in [9.17, 15) is 19.8 Å². The van der Waals surface area contributed by atoms with E-state index in [4.69, 9.17) is 0 Å². The molecule has 0 aliphatic carbocycles. The third-order valence-corrected chi connectivity index (χ3v) is 5.60. The standard InChI is InChI=1S/C19H26N2O4/c1-14-15(4-2-5-16(14)23)18(25)21-9-3-7-19(13-21)8-6-17(24)20(12-19)10-11-22/h2,4-5,22-23H,3,6-13H2,1H3. The lowest BCUT2D eigenvalue weighted by atomic mass is 9.73. The molecule has 2 fully saturated rings. The zero-order valence-corrected chi connectivity index (χ0v) is 14.7. The number of hydrogen-bond acceptors (Lipinski definition) is 4. The average molecular weight is 346 g/mol. The van der Waals surface area contributed by atoms with E-state index in [1.165, 1.54) is 0 Å². The Morgan fingerprint density at radius 2 is 2.08 bits per heavy atom. The van der Waals surface area contributed by atoms with Gasteiger partial charge in [-0.1, -0.05) is 6.07 Å². The van der Waals surface area contributed by atoms with Crippen molar-refractivity contribution in [1.29, 1.82) is 0 Å². The smallest absolute Gasteiger partial charge is 0.254 e. The van der Waals surface area contributed by atoms with Crippen LogP contribution in [0.2, 0.25) is 0 Å². The van der Waals surface area contributed by atoms with Crippen LogP contribution in [0.15, 0.2) is 18.2 Å². The number of phenols is 1. The fourth-order valence-corrected chi connectivity index (χ4v) is 4.17. The number of hydrogen-bond donors (Lipinski definition) is 2. The van der Waals surface area contributed by atoms with Gasteiger partial charge in [0.25, 0.3) is 5.91 Å². The van der Waals surface area contributed by atoms with Gasteiger partial charge in [0.05, 0.1) is 6.61 Å². The molecule has 1 aromatic rings. The van der Waals surface area contributed by atoms with Gasteiger partial charge in [0, 0.05) is 49.1 Å². The Labute approximate surface area is 148 Å². The number of carbonyl (C=O) groups is 2. The summed E-state index contributed by atoms with van der Waals surface area (Å²) in [5.41, 5.74) is 1.06. The highest BCUT2D eigenvalue weighted by atomic mass is 16.3. The van der Waals surface area contributed by atoms with E-state index in [2.05, 4.69) is 0 Å². The Balaban J connectivity index is 1.78. The van der Waals surface area contributed by atoms with Crippen LogP contribution in [0, 0.1) is 12.3 Å². The second-order valence-electron chi connectivity index (χ2n) is 7.32. The Bertz CT molecular complexity index is 675. The second kappa shape index (κ2) is 7.04. The van der Waals surface area contributed by atoms with Crippen LogP contribution < -0.4 is 0 Å². The van der Waals surface area contributed by atoms with Crippen molar-refractivity contribution in [3.8, 4) is 5.75 Å². The normalized spacial score (nSPS) is 24.0. The maximum atomic E-state index is 13.0. The van der Waals surface area contributed by atoms with Crippen molar-refractivity contribution in [3.63, 3.8) is 0 Å². The summed E-state index contributed by atoms with van der Waals surface area (Å²) in [6.45, 7) is 4.01. The number of aliphatic hydroxyl groups excluding tert-OH is 1. The van der Waals surface area contributed by atoms with Crippen LogP contribution in [0.5, 0.6) is 5.75 Å². The lowest BCUT2D eigenvalue weighted by Gasteiger charge is -2.48. The summed E-state index contributed by atoms with van der Waals surface area (Å²) in [7, 11) is 0. The Kier molecular flexibility index (Phi) is 4.99. The Hall–Kier alpha value is -2.08. The molecule has 1 aromatic carbocycles. The second-order valence-corrected chi connectivity index (χ2v) is 7.32. The molecule has 1 unspecified atom stereocenters. The molecule has 2 amide bonds. The van der Waals surface area contributed by atoms with E-state index >= 15 is 0 Å². The summed E-state index contributed by atoms with van der Waals surface area (Å²) in [5, 5.41) is 19.1. The zero-order valence-electron chi connectivity index (χ0n) is 14.7. The predicted molar refractivity (Wildman–Crippen MR) is 93.3 cm³/mol. The molecule has 25 heavy (non-hydrogen) atoms. The van der Waals surface area contributed by atoms with Crippen molar-refractivity contribution >= 4 is 11.8 Å². The van der Waals surface area contributed by atoms with Crippen molar-refractivity contribution in [2.45, 2.75) is 32.6 Å². The van der Waals surface area contributed by atoms with Gasteiger partial charge in [-0.3, -0.25) is 9.59 Å². The maximum absolute atomic E-state index is 13.0. The molecular weight excluding hydrogens is 320 g/mol. The number of β-amino-alcohol motifs (C(OH)–C–C–N with tert-alkyl or cyclic N) is 1. The highest BCUT2D eigenvalue weighted by molar-refractivity contribution is 5.96. The Morgan fingerprint density at radius 3 is 2.84 bits per heavy atom. The summed E-state index contributed by atoms with van der Waals surface area (Å²) in [5.74, 6) is 0.167. The number of phenolic OH excluding ortho intramolecular Hbond substituents is 1. The highest BCUT2D eigenvalue weighted by Gasteiger charge is 2.42. The molecule has 1 spiro atoms. The van der Waals surface area contributed by atoms with Crippen molar-refractivity contribution in [3.05, 3.63) is 29.3 Å². The molecule has 6 nitrogen and oxygen atoms in total. The number of nitrogens with zero attached hydrogens (tertiary/aromatic N) is 2. The first-order chi connectivity index (χ1) is 12.0. The minimum atomic E-state index is -0.0816. The fourth-order valence-electron chi connectivity index (χ4n) is 4.17. The summed E-state index contributed by atoms with van der Waals surface area (Å²) in [6.07, 6.45) is 3.17. The van der Waals surface area contributed by atoms with E-state index in [1.807, 2.05) is 4.90 Å². The van der Waals surface area contributed by atoms with Crippen LogP contribution >= 0.6 is 0 Å². The van der Waals surface area contributed by atoms with Crippen molar-refractivity contribution in [1.82, 2.24) is 9.80 Å². The molecule has 2 aliphatic rings. The van der Waals surface area contributed by atoms with Crippen LogP contribution in [0.1, 0.15) is 41.6 Å². The minimum absolute atomic E-state index is 0.0348. The van der Waals surface area contributed by atoms with Crippen molar-refractivity contribution in [2.24, 2.45) is 5.41 Å². The van der Waals surface area contributed by atoms with Crippen LogP contribution in [-0.4, -0.2) is 64.6 Å². The number of carbonyl (C=O) groups excluding carboxylic acids is 2. The summed E-state index contributed by atoms with van der Waals surface area (Å²) in [4.78, 5) is 28.6. The fraction of sp³-hybridized carbons (Fsp3) is 0.579. The molecule has 3 rings (SSSR count). The van der Waals surface area contributed by atoms with E-state index in [-0.39, 0.29) is 29.6 Å². The summed E-state index contributed by atoms with van der Waals surface area (Å²) in [6, 6.07) is 5.03. The molecule has 1 atom stereocenters. The third-order valence-electron chi connectivity index (χ3n) is 5.60. The molecule has 6 heteroatoms. The highest BCUT2D eigenvalue weighted by Crippen LogP contribution is 2.39. The number of rotatable bonds is 3. The Morgan fingerprint density at radius 1 is 1.28 bits per heavy atom. The molecule has 2 N–H and O–H groups in total. The molecule has 2 saturated heterocycles. The number of benzene rings is 1. The molecule has 0 aromatic heterocycles. The first-order valence-corrected chi connectivity index (χ1v) is 8.92. The number of aromatic hydroxyl groups is 1. The van der Waals surface area contributed by atoms with Crippen molar-refractivity contribution < 1.29 is 19.8 Å². The van der Waals surface area contributed by atoms with Gasteiger partial charge in [-0.25, -0.2) is 0 Å². The molecule has 0 saturated carbocycles. The van der Waals surface area contributed by atoms with Gasteiger partial charge in [-0.05, 0) is 38.3 Å². The van der Waals surface area contributed by atoms with Crippen molar-refractivity contribution in [2.75, 3.05) is 32.8 Å². The van der Waals surface area contributed by atoms with Gasteiger partial charge < -0.3 is 20.0 Å². The number of piperidine rings is 2. The lowest BCUT2D eigenvalue weighted by Crippen LogP contribution is -2.55. The predicted octanol–water partition coefficient (Wildman–Crippen LogP) is 1.54. The number of likely N-dealkylation sites (tertiary alicyclic amines) is 2. The van der Waals surface area contributed by atoms with E-state index in [0.717, 1.165) is 19.3 Å². The van der Waals surface area contributed by atoms with E-state index in [0.29, 0.717) is 43.7 Å².